The van der Waals surface area contributed by atoms with E-state index in [1.807, 2.05) is 26.1 Å². The maximum atomic E-state index is 5.51. The number of hydrogen-bond donors (Lipinski definition) is 2. The van der Waals surface area contributed by atoms with Crippen molar-refractivity contribution in [2.24, 2.45) is 0 Å². The van der Waals surface area contributed by atoms with Crippen molar-refractivity contribution in [2.45, 2.75) is 13.0 Å². The Bertz CT molecular complexity index is 570. The van der Waals surface area contributed by atoms with Gasteiger partial charge in [0, 0.05) is 6.07 Å². The van der Waals surface area contributed by atoms with Crippen LogP contribution in [0.3, 0.4) is 0 Å². The average Bonchev–Trinajstić information content (AvgIpc) is 2.95. The van der Waals surface area contributed by atoms with E-state index in [9.17, 15) is 0 Å². The lowest BCUT2D eigenvalue weighted by molar-refractivity contribution is 0.395. The Balaban J connectivity index is 2.19. The molecule has 0 saturated heterocycles. The zero-order valence-corrected chi connectivity index (χ0v) is 11.9. The van der Waals surface area contributed by atoms with Crippen molar-refractivity contribution in [3.63, 3.8) is 0 Å². The van der Waals surface area contributed by atoms with Crippen LogP contribution in [0.2, 0.25) is 0 Å². The second-order valence-electron chi connectivity index (χ2n) is 4.15. The number of anilines is 2. The molecule has 0 aliphatic carbocycles. The lowest BCUT2D eigenvalue weighted by Crippen LogP contribution is -2.12. The van der Waals surface area contributed by atoms with Crippen LogP contribution in [-0.4, -0.2) is 31.5 Å². The summed E-state index contributed by atoms with van der Waals surface area (Å²) in [6.45, 7) is 1.94. The van der Waals surface area contributed by atoms with Crippen molar-refractivity contribution in [1.82, 2.24) is 15.5 Å². The van der Waals surface area contributed by atoms with E-state index < -0.39 is 0 Å². The van der Waals surface area contributed by atoms with Gasteiger partial charge >= 0.3 is 6.01 Å². The molecule has 0 fully saturated rings. The SMILES string of the molecule is CNC(C)c1nnc(Nc2ccc(OC)cc2OC)o1. The van der Waals surface area contributed by atoms with Crippen LogP contribution in [0.1, 0.15) is 18.9 Å². The van der Waals surface area contributed by atoms with Gasteiger partial charge in [-0.1, -0.05) is 5.10 Å². The van der Waals surface area contributed by atoms with E-state index in [0.29, 0.717) is 23.4 Å². The molecule has 0 amide bonds. The fraction of sp³-hybridized carbons (Fsp3) is 0.385. The average molecular weight is 278 g/mol. The molecular weight excluding hydrogens is 260 g/mol. The minimum Gasteiger partial charge on any atom is -0.497 e. The molecule has 1 unspecified atom stereocenters. The van der Waals surface area contributed by atoms with Crippen LogP contribution in [0.15, 0.2) is 22.6 Å². The molecule has 20 heavy (non-hydrogen) atoms. The Hall–Kier alpha value is -2.28. The molecule has 0 aliphatic heterocycles. The van der Waals surface area contributed by atoms with Gasteiger partial charge in [-0.25, -0.2) is 0 Å². The van der Waals surface area contributed by atoms with Crippen LogP contribution >= 0.6 is 0 Å². The van der Waals surface area contributed by atoms with Gasteiger partial charge in [-0.15, -0.1) is 5.10 Å². The Morgan fingerprint density at radius 3 is 2.65 bits per heavy atom. The predicted octanol–water partition coefficient (Wildman–Crippen LogP) is 2.11. The third-order valence-corrected chi connectivity index (χ3v) is 2.89. The predicted molar refractivity (Wildman–Crippen MR) is 74.6 cm³/mol. The van der Waals surface area contributed by atoms with Crippen LogP contribution in [-0.2, 0) is 0 Å². The van der Waals surface area contributed by atoms with E-state index in [4.69, 9.17) is 13.9 Å². The second-order valence-corrected chi connectivity index (χ2v) is 4.15. The lowest BCUT2D eigenvalue weighted by Gasteiger charge is -2.10. The molecule has 2 aromatic rings. The van der Waals surface area contributed by atoms with Crippen LogP contribution in [0, 0.1) is 0 Å². The van der Waals surface area contributed by atoms with Crippen LogP contribution < -0.4 is 20.1 Å². The molecule has 108 valence electrons. The van der Waals surface area contributed by atoms with Crippen molar-refractivity contribution in [3.05, 3.63) is 24.1 Å². The first kappa shape index (κ1) is 14.1. The first-order chi connectivity index (χ1) is 9.67. The number of rotatable bonds is 6. The number of aromatic nitrogens is 2. The standard InChI is InChI=1S/C13H18N4O3/c1-8(14-2)12-16-17-13(20-12)15-10-6-5-9(18-3)7-11(10)19-4/h5-8,14H,1-4H3,(H,15,17). The first-order valence-electron chi connectivity index (χ1n) is 6.17. The molecule has 0 saturated carbocycles. The normalized spacial score (nSPS) is 12.0. The minimum atomic E-state index is -0.00388. The Kier molecular flexibility index (Phi) is 4.41. The van der Waals surface area contributed by atoms with E-state index in [1.165, 1.54) is 0 Å². The highest BCUT2D eigenvalue weighted by molar-refractivity contribution is 5.63. The molecule has 0 bridgehead atoms. The maximum absolute atomic E-state index is 5.51. The molecule has 0 radical (unpaired) electrons. The third-order valence-electron chi connectivity index (χ3n) is 2.89. The van der Waals surface area contributed by atoms with Crippen molar-refractivity contribution in [2.75, 3.05) is 26.6 Å². The second kappa shape index (κ2) is 6.25. The molecule has 7 nitrogen and oxygen atoms in total. The molecule has 2 rings (SSSR count). The van der Waals surface area contributed by atoms with Crippen molar-refractivity contribution in [1.29, 1.82) is 0 Å². The summed E-state index contributed by atoms with van der Waals surface area (Å²) in [5.74, 6) is 1.86. The maximum Gasteiger partial charge on any atom is 0.320 e. The molecule has 0 spiro atoms. The molecule has 7 heteroatoms. The highest BCUT2D eigenvalue weighted by Crippen LogP contribution is 2.31. The van der Waals surface area contributed by atoms with Gasteiger partial charge in [0.15, 0.2) is 0 Å². The Labute approximate surface area is 117 Å². The third kappa shape index (κ3) is 3.00. The van der Waals surface area contributed by atoms with Gasteiger partial charge in [0.05, 0.1) is 25.9 Å². The van der Waals surface area contributed by atoms with Crippen molar-refractivity contribution >= 4 is 11.7 Å². The molecule has 1 aromatic heterocycles. The molecule has 1 heterocycles. The molecular formula is C13H18N4O3. The monoisotopic (exact) mass is 278 g/mol. The van der Waals surface area contributed by atoms with E-state index in [-0.39, 0.29) is 6.04 Å². The summed E-state index contributed by atoms with van der Waals surface area (Å²) in [4.78, 5) is 0. The van der Waals surface area contributed by atoms with Crippen LogP contribution in [0.5, 0.6) is 11.5 Å². The number of benzene rings is 1. The van der Waals surface area contributed by atoms with Crippen molar-refractivity contribution in [3.8, 4) is 11.5 Å². The number of methoxy groups -OCH3 is 2. The summed E-state index contributed by atoms with van der Waals surface area (Å²) in [6.07, 6.45) is 0. The topological polar surface area (TPSA) is 81.4 Å². The fourth-order valence-corrected chi connectivity index (χ4v) is 1.60. The van der Waals surface area contributed by atoms with Gasteiger partial charge in [0.2, 0.25) is 5.89 Å². The van der Waals surface area contributed by atoms with E-state index in [1.54, 1.807) is 20.3 Å². The molecule has 1 aromatic carbocycles. The smallest absolute Gasteiger partial charge is 0.320 e. The van der Waals surface area contributed by atoms with Crippen LogP contribution in [0.25, 0.3) is 0 Å². The minimum absolute atomic E-state index is 0.00388. The number of nitrogens with one attached hydrogen (secondary N) is 2. The lowest BCUT2D eigenvalue weighted by atomic mass is 10.2. The Morgan fingerprint density at radius 2 is 2.00 bits per heavy atom. The zero-order valence-electron chi connectivity index (χ0n) is 11.9. The fourth-order valence-electron chi connectivity index (χ4n) is 1.60. The Morgan fingerprint density at radius 1 is 1.20 bits per heavy atom. The molecule has 1 atom stereocenters. The van der Waals surface area contributed by atoms with Crippen molar-refractivity contribution < 1.29 is 13.9 Å². The largest absolute Gasteiger partial charge is 0.497 e. The first-order valence-corrected chi connectivity index (χ1v) is 6.17. The highest BCUT2D eigenvalue weighted by atomic mass is 16.5. The van der Waals surface area contributed by atoms with Gasteiger partial charge in [0.25, 0.3) is 0 Å². The molecule has 2 N–H and O–H groups in total. The van der Waals surface area contributed by atoms with E-state index >= 15 is 0 Å². The van der Waals surface area contributed by atoms with Crippen LogP contribution in [0.4, 0.5) is 11.7 Å². The number of nitrogens with zero attached hydrogens (tertiary/aromatic N) is 2. The summed E-state index contributed by atoms with van der Waals surface area (Å²) in [5.41, 5.74) is 0.723. The van der Waals surface area contributed by atoms with E-state index in [2.05, 4.69) is 20.8 Å². The zero-order chi connectivity index (χ0) is 14.5. The number of hydrogen-bond acceptors (Lipinski definition) is 7. The summed E-state index contributed by atoms with van der Waals surface area (Å²) in [7, 11) is 5.02. The molecule has 0 aliphatic rings. The quantitative estimate of drug-likeness (QED) is 0.837. The summed E-state index contributed by atoms with van der Waals surface area (Å²) < 4.78 is 15.9. The van der Waals surface area contributed by atoms with Gasteiger partial charge in [-0.3, -0.25) is 0 Å². The summed E-state index contributed by atoms with van der Waals surface area (Å²) in [6, 6.07) is 5.72. The summed E-state index contributed by atoms with van der Waals surface area (Å²) in [5, 5.41) is 14.0. The van der Waals surface area contributed by atoms with Gasteiger partial charge in [-0.05, 0) is 26.1 Å². The van der Waals surface area contributed by atoms with Gasteiger partial charge < -0.3 is 24.5 Å². The van der Waals surface area contributed by atoms with Gasteiger partial charge in [-0.2, -0.15) is 0 Å². The number of ether oxygens (including phenoxy) is 2. The van der Waals surface area contributed by atoms with E-state index in [0.717, 1.165) is 5.69 Å². The summed E-state index contributed by atoms with van der Waals surface area (Å²) >= 11 is 0. The highest BCUT2D eigenvalue weighted by Gasteiger charge is 2.13. The van der Waals surface area contributed by atoms with Gasteiger partial charge in [0.1, 0.15) is 11.5 Å².